The summed E-state index contributed by atoms with van der Waals surface area (Å²) in [6, 6.07) is 17.3. The molecular weight excluding hydrogens is 458 g/mol. The minimum atomic E-state index is -0.419. The summed E-state index contributed by atoms with van der Waals surface area (Å²) in [6.45, 7) is 2.05. The third kappa shape index (κ3) is 5.95. The Hall–Kier alpha value is -4.04. The van der Waals surface area contributed by atoms with Gasteiger partial charge in [0.2, 0.25) is 0 Å². The van der Waals surface area contributed by atoms with E-state index in [0.29, 0.717) is 31.7 Å². The van der Waals surface area contributed by atoms with E-state index in [1.807, 2.05) is 36.4 Å². The number of hydrogen-bond acceptors (Lipinski definition) is 6. The van der Waals surface area contributed by atoms with Crippen molar-refractivity contribution >= 4 is 11.8 Å². The number of hydrogen-bond donors (Lipinski definition) is 4. The summed E-state index contributed by atoms with van der Waals surface area (Å²) < 4.78 is 5.83. The van der Waals surface area contributed by atoms with Crippen molar-refractivity contribution in [1.29, 1.82) is 0 Å². The molecule has 3 aromatic rings. The van der Waals surface area contributed by atoms with Crippen LogP contribution in [0, 0.1) is 0 Å². The van der Waals surface area contributed by atoms with Crippen molar-refractivity contribution in [3.05, 3.63) is 88.5 Å². The van der Waals surface area contributed by atoms with Crippen LogP contribution in [0.4, 0.5) is 0 Å². The predicted octanol–water partition coefficient (Wildman–Crippen LogP) is 3.69. The fourth-order valence-corrected chi connectivity index (χ4v) is 4.24. The van der Waals surface area contributed by atoms with Gasteiger partial charge in [0.1, 0.15) is 29.4 Å². The highest BCUT2D eigenvalue weighted by molar-refractivity contribution is 6.00. The van der Waals surface area contributed by atoms with Gasteiger partial charge in [-0.2, -0.15) is 0 Å². The zero-order chi connectivity index (χ0) is 25.5. The van der Waals surface area contributed by atoms with Crippen molar-refractivity contribution in [3.8, 4) is 17.2 Å². The number of rotatable bonds is 10. The van der Waals surface area contributed by atoms with Gasteiger partial charge in [-0.25, -0.2) is 0 Å². The maximum Gasteiger partial charge on any atom is 0.262 e. The molecule has 0 aliphatic carbocycles. The van der Waals surface area contributed by atoms with Crippen LogP contribution in [0.2, 0.25) is 0 Å². The number of nitrogens with two attached hydrogens (primary N) is 1. The van der Waals surface area contributed by atoms with E-state index in [0.717, 1.165) is 42.0 Å². The maximum atomic E-state index is 13.4. The van der Waals surface area contributed by atoms with Crippen LogP contribution in [0.15, 0.2) is 60.7 Å². The highest BCUT2D eigenvalue weighted by Crippen LogP contribution is 2.36. The Balaban J connectivity index is 1.45. The Kier molecular flexibility index (Phi) is 8.07. The molecule has 8 nitrogen and oxygen atoms in total. The third-order valence-electron chi connectivity index (χ3n) is 6.16. The van der Waals surface area contributed by atoms with Crippen LogP contribution >= 0.6 is 0 Å². The largest absolute Gasteiger partial charge is 0.508 e. The number of phenolic OH excluding ortho intramolecular Hbond substituents is 2. The lowest BCUT2D eigenvalue weighted by molar-refractivity contribution is 0.0743. The summed E-state index contributed by atoms with van der Waals surface area (Å²) in [5, 5.41) is 23.4. The molecule has 4 rings (SSSR count). The van der Waals surface area contributed by atoms with Gasteiger partial charge in [-0.15, -0.1) is 0 Å². The number of carbonyl (C=O) groups is 2. The van der Waals surface area contributed by atoms with E-state index in [4.69, 9.17) is 10.5 Å². The van der Waals surface area contributed by atoms with Gasteiger partial charge < -0.3 is 30.9 Å². The van der Waals surface area contributed by atoms with E-state index in [2.05, 4.69) is 5.32 Å². The first-order chi connectivity index (χ1) is 17.5. The normalized spacial score (nSPS) is 12.3. The van der Waals surface area contributed by atoms with E-state index in [-0.39, 0.29) is 35.3 Å². The average Bonchev–Trinajstić information content (AvgIpc) is 3.31. The molecule has 0 fully saturated rings. The number of amides is 2. The van der Waals surface area contributed by atoms with Gasteiger partial charge in [0.05, 0.1) is 0 Å². The summed E-state index contributed by atoms with van der Waals surface area (Å²) in [6.07, 6.45) is 2.79. The Morgan fingerprint density at radius 2 is 1.72 bits per heavy atom. The fraction of sp³-hybridized carbons (Fsp3) is 0.286. The second-order valence-corrected chi connectivity index (χ2v) is 8.86. The molecule has 0 atom stereocenters. The first-order valence-electron chi connectivity index (χ1n) is 12.1. The third-order valence-corrected chi connectivity index (χ3v) is 6.16. The molecule has 36 heavy (non-hydrogen) atoms. The summed E-state index contributed by atoms with van der Waals surface area (Å²) in [7, 11) is 0. The lowest BCUT2D eigenvalue weighted by Gasteiger charge is -2.19. The Morgan fingerprint density at radius 3 is 2.50 bits per heavy atom. The van der Waals surface area contributed by atoms with E-state index >= 15 is 0 Å². The summed E-state index contributed by atoms with van der Waals surface area (Å²) in [5.41, 5.74) is 8.74. The zero-order valence-electron chi connectivity index (χ0n) is 20.1. The Bertz CT molecular complexity index is 1230. The molecule has 0 unspecified atom stereocenters. The number of unbranched alkanes of at least 4 members (excludes halogenated alkanes) is 2. The number of fused-ring (bicyclic) bond motifs is 1. The fourth-order valence-electron chi connectivity index (χ4n) is 4.24. The summed E-state index contributed by atoms with van der Waals surface area (Å²) in [5.74, 6) is -1.02. The Morgan fingerprint density at radius 1 is 0.944 bits per heavy atom. The van der Waals surface area contributed by atoms with Crippen molar-refractivity contribution < 1.29 is 24.5 Å². The molecule has 0 radical (unpaired) electrons. The molecule has 0 spiro atoms. The molecule has 5 N–H and O–H groups in total. The number of benzene rings is 3. The molecule has 8 heteroatoms. The monoisotopic (exact) mass is 489 g/mol. The molecule has 1 aliphatic rings. The van der Waals surface area contributed by atoms with Crippen molar-refractivity contribution in [3.63, 3.8) is 0 Å². The molecule has 1 heterocycles. The molecule has 0 bridgehead atoms. The number of ether oxygens (including phenoxy) is 1. The summed E-state index contributed by atoms with van der Waals surface area (Å²) in [4.78, 5) is 27.6. The first kappa shape index (κ1) is 25.1. The molecule has 0 saturated heterocycles. The van der Waals surface area contributed by atoms with Crippen LogP contribution in [-0.2, 0) is 19.7 Å². The highest BCUT2D eigenvalue weighted by Gasteiger charge is 2.29. The van der Waals surface area contributed by atoms with Crippen molar-refractivity contribution in [2.24, 2.45) is 5.73 Å². The number of phenols is 2. The van der Waals surface area contributed by atoms with Crippen molar-refractivity contribution in [1.82, 2.24) is 10.2 Å². The molecule has 188 valence electrons. The van der Waals surface area contributed by atoms with Gasteiger partial charge in [-0.05, 0) is 48.2 Å². The molecule has 2 amide bonds. The van der Waals surface area contributed by atoms with Gasteiger partial charge in [-0.1, -0.05) is 42.8 Å². The van der Waals surface area contributed by atoms with Crippen LogP contribution in [0.1, 0.15) is 56.7 Å². The smallest absolute Gasteiger partial charge is 0.262 e. The lowest BCUT2D eigenvalue weighted by atomic mass is 10.1. The molecule has 3 aromatic carbocycles. The van der Waals surface area contributed by atoms with Gasteiger partial charge >= 0.3 is 0 Å². The van der Waals surface area contributed by atoms with Gasteiger partial charge in [-0.3, -0.25) is 9.59 Å². The minimum absolute atomic E-state index is 0.00742. The topological polar surface area (TPSA) is 125 Å². The van der Waals surface area contributed by atoms with Gasteiger partial charge in [0, 0.05) is 37.3 Å². The standard InChI is InChI=1S/C28H31N3O5/c29-11-5-2-6-12-30-27(34)20-9-10-21-16-31(17-22(21)13-20)28(35)26-24(33)14-23(32)15-25(26)36-18-19-7-3-1-4-8-19/h1,3-4,7-10,13-15,32-33H,2,5-6,11-12,16-18,29H2,(H,30,34). The van der Waals surface area contributed by atoms with Gasteiger partial charge in [0.15, 0.2) is 0 Å². The van der Waals surface area contributed by atoms with Crippen LogP contribution in [0.25, 0.3) is 0 Å². The van der Waals surface area contributed by atoms with Gasteiger partial charge in [0.25, 0.3) is 11.8 Å². The van der Waals surface area contributed by atoms with Crippen molar-refractivity contribution in [2.75, 3.05) is 13.1 Å². The molecular formula is C28H31N3O5. The average molecular weight is 490 g/mol. The lowest BCUT2D eigenvalue weighted by Crippen LogP contribution is -2.26. The van der Waals surface area contributed by atoms with Crippen LogP contribution in [-0.4, -0.2) is 40.0 Å². The molecule has 0 aromatic heterocycles. The quantitative estimate of drug-likeness (QED) is 0.322. The minimum Gasteiger partial charge on any atom is -0.508 e. The van der Waals surface area contributed by atoms with Crippen LogP contribution in [0.5, 0.6) is 17.2 Å². The molecule has 1 aliphatic heterocycles. The van der Waals surface area contributed by atoms with E-state index in [9.17, 15) is 19.8 Å². The highest BCUT2D eigenvalue weighted by atomic mass is 16.5. The Labute approximate surface area is 210 Å². The summed E-state index contributed by atoms with van der Waals surface area (Å²) >= 11 is 0. The van der Waals surface area contributed by atoms with Crippen molar-refractivity contribution in [2.45, 2.75) is 39.0 Å². The number of nitrogens with one attached hydrogen (secondary N) is 1. The number of carbonyl (C=O) groups excluding carboxylic acids is 2. The zero-order valence-corrected chi connectivity index (χ0v) is 20.1. The number of aromatic hydroxyl groups is 2. The van der Waals surface area contributed by atoms with E-state index in [1.54, 1.807) is 17.0 Å². The SMILES string of the molecule is NCCCCCNC(=O)c1ccc2c(c1)CN(C(=O)c1c(O)cc(O)cc1OCc1ccccc1)C2. The van der Waals surface area contributed by atoms with Crippen LogP contribution < -0.4 is 15.8 Å². The van der Waals surface area contributed by atoms with E-state index < -0.39 is 5.91 Å². The maximum absolute atomic E-state index is 13.4. The van der Waals surface area contributed by atoms with Crippen LogP contribution in [0.3, 0.4) is 0 Å². The number of nitrogens with zero attached hydrogens (tertiary/aromatic N) is 1. The second kappa shape index (κ2) is 11.6. The second-order valence-electron chi connectivity index (χ2n) is 8.86. The molecule has 0 saturated carbocycles. The first-order valence-corrected chi connectivity index (χ1v) is 12.1. The van der Waals surface area contributed by atoms with E-state index in [1.165, 1.54) is 6.07 Å². The predicted molar refractivity (Wildman–Crippen MR) is 136 cm³/mol.